The van der Waals surface area contributed by atoms with Crippen LogP contribution in [0.2, 0.25) is 0 Å². The molecule has 0 saturated heterocycles. The van der Waals surface area contributed by atoms with Crippen LogP contribution in [0.5, 0.6) is 0 Å². The van der Waals surface area contributed by atoms with Gasteiger partial charge in [0.05, 0.1) is 11.7 Å². The molecular weight excluding hydrogens is 309 g/mol. The molecule has 4 nitrogen and oxygen atoms in total. The Balaban J connectivity index is 1.65. The summed E-state index contributed by atoms with van der Waals surface area (Å²) in [6, 6.07) is 4.63. The van der Waals surface area contributed by atoms with Gasteiger partial charge >= 0.3 is 12.2 Å². The first-order chi connectivity index (χ1) is 10.8. The summed E-state index contributed by atoms with van der Waals surface area (Å²) in [6.45, 7) is 0.883. The number of rotatable bonds is 5. The number of urea groups is 1. The van der Waals surface area contributed by atoms with Gasteiger partial charge < -0.3 is 15.7 Å². The van der Waals surface area contributed by atoms with Crippen LogP contribution in [-0.2, 0) is 12.6 Å². The molecule has 1 aliphatic rings. The number of benzene rings is 1. The van der Waals surface area contributed by atoms with Crippen LogP contribution < -0.4 is 10.6 Å². The summed E-state index contributed by atoms with van der Waals surface area (Å²) >= 11 is 0. The monoisotopic (exact) mass is 330 g/mol. The van der Waals surface area contributed by atoms with Crippen LogP contribution in [-0.4, -0.2) is 30.3 Å². The molecule has 0 unspecified atom stereocenters. The zero-order valence-electron chi connectivity index (χ0n) is 12.7. The van der Waals surface area contributed by atoms with Gasteiger partial charge in [-0.25, -0.2) is 4.79 Å². The van der Waals surface area contributed by atoms with Crippen molar-refractivity contribution in [3.05, 3.63) is 35.4 Å². The molecule has 0 aromatic heterocycles. The lowest BCUT2D eigenvalue weighted by molar-refractivity contribution is -0.137. The molecule has 7 heteroatoms. The van der Waals surface area contributed by atoms with E-state index in [0.717, 1.165) is 30.5 Å². The average molecular weight is 330 g/mol. The van der Waals surface area contributed by atoms with E-state index < -0.39 is 11.7 Å². The van der Waals surface area contributed by atoms with Crippen LogP contribution in [0, 0.1) is 5.92 Å². The van der Waals surface area contributed by atoms with E-state index >= 15 is 0 Å². The lowest BCUT2D eigenvalue weighted by Gasteiger charge is -2.12. The molecule has 1 fully saturated rings. The molecule has 0 bridgehead atoms. The van der Waals surface area contributed by atoms with Gasteiger partial charge in [0.15, 0.2) is 0 Å². The Morgan fingerprint density at radius 2 is 1.87 bits per heavy atom. The van der Waals surface area contributed by atoms with E-state index in [4.69, 9.17) is 0 Å². The maximum absolute atomic E-state index is 12.4. The molecule has 128 valence electrons. The van der Waals surface area contributed by atoms with Crippen molar-refractivity contribution < 1.29 is 23.1 Å². The van der Waals surface area contributed by atoms with E-state index in [1.807, 2.05) is 0 Å². The molecule has 0 radical (unpaired) electrons. The Labute approximate surface area is 133 Å². The number of hydrogen-bond donors (Lipinski definition) is 3. The summed E-state index contributed by atoms with van der Waals surface area (Å²) < 4.78 is 37.3. The molecule has 3 N–H and O–H groups in total. The number of aliphatic hydroxyl groups is 1. The van der Waals surface area contributed by atoms with Crippen molar-refractivity contribution in [3.8, 4) is 0 Å². The number of hydrogen-bond acceptors (Lipinski definition) is 2. The molecule has 2 atom stereocenters. The maximum atomic E-state index is 12.4. The van der Waals surface area contributed by atoms with Crippen molar-refractivity contribution in [1.29, 1.82) is 0 Å². The smallest absolute Gasteiger partial charge is 0.393 e. The van der Waals surface area contributed by atoms with Gasteiger partial charge in [-0.1, -0.05) is 12.1 Å². The zero-order valence-corrected chi connectivity index (χ0v) is 12.7. The minimum Gasteiger partial charge on any atom is -0.393 e. The number of carbonyl (C=O) groups excluding carboxylic acids is 1. The third-order valence-corrected chi connectivity index (χ3v) is 4.05. The highest BCUT2D eigenvalue weighted by molar-refractivity contribution is 5.73. The predicted molar refractivity (Wildman–Crippen MR) is 79.9 cm³/mol. The largest absolute Gasteiger partial charge is 0.416 e. The van der Waals surface area contributed by atoms with Crippen LogP contribution in [0.25, 0.3) is 0 Å². The predicted octanol–water partition coefficient (Wildman–Crippen LogP) is 2.71. The van der Waals surface area contributed by atoms with Gasteiger partial charge in [0.25, 0.3) is 0 Å². The van der Waals surface area contributed by atoms with Crippen LogP contribution in [0.1, 0.15) is 30.4 Å². The maximum Gasteiger partial charge on any atom is 0.416 e. The summed E-state index contributed by atoms with van der Waals surface area (Å²) in [7, 11) is 0. The second kappa shape index (κ2) is 7.68. The fraction of sp³-hybridized carbons (Fsp3) is 0.562. The van der Waals surface area contributed by atoms with E-state index in [0.29, 0.717) is 31.8 Å². The highest BCUT2D eigenvalue weighted by Gasteiger charge is 2.29. The standard InChI is InChI=1S/C16H21F3N2O2/c17-16(18,19)13-4-1-11(2-5-13)7-8-20-15(23)21-10-12-3-6-14(22)9-12/h1-2,4-5,12,14,22H,3,6-10H2,(H2,20,21,23)/t12-,14+/m1/s1. The molecule has 1 aromatic carbocycles. The van der Waals surface area contributed by atoms with Gasteiger partial charge in [-0.2, -0.15) is 13.2 Å². The van der Waals surface area contributed by atoms with E-state index in [1.54, 1.807) is 0 Å². The van der Waals surface area contributed by atoms with Crippen molar-refractivity contribution in [3.63, 3.8) is 0 Å². The van der Waals surface area contributed by atoms with Crippen molar-refractivity contribution in [2.75, 3.05) is 13.1 Å². The Morgan fingerprint density at radius 3 is 2.43 bits per heavy atom. The van der Waals surface area contributed by atoms with Gasteiger partial charge in [-0.3, -0.25) is 0 Å². The number of nitrogens with one attached hydrogen (secondary N) is 2. The molecule has 1 saturated carbocycles. The van der Waals surface area contributed by atoms with Gasteiger partial charge in [-0.05, 0) is 49.3 Å². The summed E-state index contributed by atoms with van der Waals surface area (Å²) in [6.07, 6.45) is -1.72. The Kier molecular flexibility index (Phi) is 5.87. The van der Waals surface area contributed by atoms with Gasteiger partial charge in [0, 0.05) is 13.1 Å². The third kappa shape index (κ3) is 5.74. The van der Waals surface area contributed by atoms with Gasteiger partial charge in [-0.15, -0.1) is 0 Å². The molecule has 2 amide bonds. The number of amides is 2. The SMILES string of the molecule is O=C(NCCc1ccc(C(F)(F)F)cc1)NC[C@@H]1CC[C@H](O)C1. The Bertz CT molecular complexity index is 517. The van der Waals surface area contributed by atoms with Crippen LogP contribution >= 0.6 is 0 Å². The van der Waals surface area contributed by atoms with Gasteiger partial charge in [0.1, 0.15) is 0 Å². The first-order valence-corrected chi connectivity index (χ1v) is 7.70. The second-order valence-corrected chi connectivity index (χ2v) is 5.91. The highest BCUT2D eigenvalue weighted by Crippen LogP contribution is 2.29. The molecule has 0 spiro atoms. The van der Waals surface area contributed by atoms with Crippen molar-refractivity contribution in [2.45, 2.75) is 38.0 Å². The first kappa shape index (κ1) is 17.6. The van der Waals surface area contributed by atoms with E-state index in [2.05, 4.69) is 10.6 Å². The molecule has 1 aromatic rings. The summed E-state index contributed by atoms with van der Waals surface area (Å²) in [5.41, 5.74) is 0.0583. The fourth-order valence-electron chi connectivity index (χ4n) is 2.71. The normalized spacial score (nSPS) is 21.2. The number of carbonyl (C=O) groups is 1. The van der Waals surface area contributed by atoms with E-state index in [-0.39, 0.29) is 12.1 Å². The summed E-state index contributed by atoms with van der Waals surface area (Å²) in [5, 5.41) is 14.8. The van der Waals surface area contributed by atoms with Crippen LogP contribution in [0.15, 0.2) is 24.3 Å². The minimum absolute atomic E-state index is 0.260. The first-order valence-electron chi connectivity index (χ1n) is 7.70. The number of alkyl halides is 3. The number of aliphatic hydroxyl groups excluding tert-OH is 1. The van der Waals surface area contributed by atoms with E-state index in [9.17, 15) is 23.1 Å². The van der Waals surface area contributed by atoms with Crippen molar-refractivity contribution >= 4 is 6.03 Å². The molecule has 0 heterocycles. The lowest BCUT2D eigenvalue weighted by atomic mass is 10.1. The topological polar surface area (TPSA) is 61.4 Å². The summed E-state index contributed by atoms with van der Waals surface area (Å²) in [5.74, 6) is 0.311. The van der Waals surface area contributed by atoms with Crippen LogP contribution in [0.3, 0.4) is 0 Å². The highest BCUT2D eigenvalue weighted by atomic mass is 19.4. The fourth-order valence-corrected chi connectivity index (χ4v) is 2.71. The Hall–Kier alpha value is -1.76. The minimum atomic E-state index is -4.33. The Morgan fingerprint density at radius 1 is 1.17 bits per heavy atom. The van der Waals surface area contributed by atoms with Gasteiger partial charge in [0.2, 0.25) is 0 Å². The molecule has 2 rings (SSSR count). The third-order valence-electron chi connectivity index (χ3n) is 4.05. The molecule has 0 aliphatic heterocycles. The zero-order chi connectivity index (χ0) is 16.9. The van der Waals surface area contributed by atoms with E-state index in [1.165, 1.54) is 12.1 Å². The average Bonchev–Trinajstić information content (AvgIpc) is 2.90. The van der Waals surface area contributed by atoms with Crippen molar-refractivity contribution in [1.82, 2.24) is 10.6 Å². The second-order valence-electron chi connectivity index (χ2n) is 5.91. The summed E-state index contributed by atoms with van der Waals surface area (Å²) in [4.78, 5) is 11.6. The quantitative estimate of drug-likeness (QED) is 0.777. The molecular formula is C16H21F3N2O2. The molecule has 23 heavy (non-hydrogen) atoms. The molecule has 1 aliphatic carbocycles. The number of halogens is 3. The van der Waals surface area contributed by atoms with Crippen LogP contribution in [0.4, 0.5) is 18.0 Å². The lowest BCUT2D eigenvalue weighted by Crippen LogP contribution is -2.38. The van der Waals surface area contributed by atoms with Crippen molar-refractivity contribution in [2.24, 2.45) is 5.92 Å².